The highest BCUT2D eigenvalue weighted by molar-refractivity contribution is 5.95. The van der Waals surface area contributed by atoms with Gasteiger partial charge in [0.2, 0.25) is 0 Å². The van der Waals surface area contributed by atoms with E-state index in [1.165, 1.54) is 6.07 Å². The van der Waals surface area contributed by atoms with E-state index in [4.69, 9.17) is 14.7 Å². The number of H-pyrrole nitrogens is 2. The summed E-state index contributed by atoms with van der Waals surface area (Å²) in [6.45, 7) is 0. The molecule has 2 N–H and O–H groups in total. The molecule has 0 saturated heterocycles. The fourth-order valence-electron chi connectivity index (χ4n) is 3.79. The zero-order valence-electron chi connectivity index (χ0n) is 17.4. The summed E-state index contributed by atoms with van der Waals surface area (Å²) in [6, 6.07) is 14.0. The highest BCUT2D eigenvalue weighted by atomic mass is 19.1. The van der Waals surface area contributed by atoms with Gasteiger partial charge < -0.3 is 9.72 Å². The number of halogens is 1. The predicted molar refractivity (Wildman–Crippen MR) is 122 cm³/mol. The number of imidazole rings is 1. The number of rotatable bonds is 4. The molecule has 0 amide bonds. The predicted octanol–water partition coefficient (Wildman–Crippen LogP) is 4.77. The third kappa shape index (κ3) is 3.18. The van der Waals surface area contributed by atoms with Crippen LogP contribution in [-0.4, -0.2) is 42.2 Å². The van der Waals surface area contributed by atoms with Gasteiger partial charge in [0.15, 0.2) is 11.5 Å². The van der Waals surface area contributed by atoms with Crippen molar-refractivity contribution in [1.29, 1.82) is 0 Å². The monoisotopic (exact) mass is 437 g/mol. The standard InChI is InChI=1S/C24H16FN7O/c1-33-14-10-13(11-26-12-14)17-6-7-19-22(28-17)23(32-31-19)24-29-18-8-9-27-20(21(18)30-24)15-4-2-3-5-16(15)25/h2-12H,1H3,(H,29,30)(H,31,32). The van der Waals surface area contributed by atoms with Gasteiger partial charge in [-0.1, -0.05) is 12.1 Å². The lowest BCUT2D eigenvalue weighted by Gasteiger charge is -2.03. The van der Waals surface area contributed by atoms with E-state index >= 15 is 0 Å². The van der Waals surface area contributed by atoms with E-state index in [0.717, 1.165) is 22.3 Å². The smallest absolute Gasteiger partial charge is 0.161 e. The lowest BCUT2D eigenvalue weighted by Crippen LogP contribution is -1.90. The molecule has 1 aromatic carbocycles. The van der Waals surface area contributed by atoms with Gasteiger partial charge in [-0.2, -0.15) is 5.10 Å². The summed E-state index contributed by atoms with van der Waals surface area (Å²) in [5, 5.41) is 7.43. The quantitative estimate of drug-likeness (QED) is 0.411. The average Bonchev–Trinajstić information content (AvgIpc) is 3.48. The number of fused-ring (bicyclic) bond motifs is 2. The van der Waals surface area contributed by atoms with Gasteiger partial charge in [-0.3, -0.25) is 15.1 Å². The van der Waals surface area contributed by atoms with Crippen LogP contribution in [0.2, 0.25) is 0 Å². The average molecular weight is 437 g/mol. The Hall–Kier alpha value is -4.66. The topological polar surface area (TPSA) is 105 Å². The van der Waals surface area contributed by atoms with Gasteiger partial charge in [-0.15, -0.1) is 0 Å². The largest absolute Gasteiger partial charge is 0.495 e. The van der Waals surface area contributed by atoms with E-state index in [1.807, 2.05) is 18.2 Å². The summed E-state index contributed by atoms with van der Waals surface area (Å²) in [6.07, 6.45) is 4.99. The minimum absolute atomic E-state index is 0.356. The minimum atomic E-state index is -0.356. The molecule has 0 unspecified atom stereocenters. The molecule has 0 aliphatic heterocycles. The van der Waals surface area contributed by atoms with Crippen LogP contribution in [0.3, 0.4) is 0 Å². The zero-order chi connectivity index (χ0) is 22.4. The summed E-state index contributed by atoms with van der Waals surface area (Å²) in [5.41, 5.74) is 5.64. The lowest BCUT2D eigenvalue weighted by atomic mass is 10.1. The van der Waals surface area contributed by atoms with E-state index in [-0.39, 0.29) is 5.82 Å². The van der Waals surface area contributed by atoms with E-state index in [1.54, 1.807) is 50.0 Å². The second-order valence-electron chi connectivity index (χ2n) is 7.40. The van der Waals surface area contributed by atoms with Crippen LogP contribution in [0.5, 0.6) is 5.75 Å². The van der Waals surface area contributed by atoms with Crippen molar-refractivity contribution >= 4 is 22.1 Å². The van der Waals surface area contributed by atoms with E-state index in [9.17, 15) is 4.39 Å². The summed E-state index contributed by atoms with van der Waals surface area (Å²) >= 11 is 0. The molecular weight excluding hydrogens is 421 g/mol. The Balaban J connectivity index is 1.50. The van der Waals surface area contributed by atoms with Crippen LogP contribution in [0.4, 0.5) is 4.39 Å². The molecule has 0 spiro atoms. The molecule has 0 atom stereocenters. The van der Waals surface area contributed by atoms with Crippen LogP contribution in [0.1, 0.15) is 0 Å². The van der Waals surface area contributed by atoms with Gasteiger partial charge in [-0.25, -0.2) is 14.4 Å². The minimum Gasteiger partial charge on any atom is -0.495 e. The van der Waals surface area contributed by atoms with Crippen LogP contribution < -0.4 is 4.74 Å². The van der Waals surface area contributed by atoms with Crippen molar-refractivity contribution in [3.05, 3.63) is 72.9 Å². The van der Waals surface area contributed by atoms with Crippen LogP contribution in [0.25, 0.3) is 56.1 Å². The normalized spacial score (nSPS) is 11.3. The zero-order valence-corrected chi connectivity index (χ0v) is 17.4. The fraction of sp³-hybridized carbons (Fsp3) is 0.0417. The molecule has 160 valence electrons. The first-order chi connectivity index (χ1) is 16.2. The second-order valence-corrected chi connectivity index (χ2v) is 7.40. The maximum atomic E-state index is 14.4. The number of benzene rings is 1. The van der Waals surface area contributed by atoms with Crippen molar-refractivity contribution in [2.75, 3.05) is 7.11 Å². The van der Waals surface area contributed by atoms with Gasteiger partial charge in [-0.05, 0) is 36.4 Å². The van der Waals surface area contributed by atoms with Crippen LogP contribution in [-0.2, 0) is 0 Å². The number of aromatic nitrogens is 7. The Morgan fingerprint density at radius 2 is 1.79 bits per heavy atom. The third-order valence-electron chi connectivity index (χ3n) is 5.41. The van der Waals surface area contributed by atoms with Crippen molar-refractivity contribution in [3.8, 4) is 39.8 Å². The molecule has 5 heterocycles. The molecule has 9 heteroatoms. The van der Waals surface area contributed by atoms with Gasteiger partial charge in [0.25, 0.3) is 0 Å². The number of aromatic amines is 2. The van der Waals surface area contributed by atoms with Gasteiger partial charge in [0, 0.05) is 23.5 Å². The van der Waals surface area contributed by atoms with Crippen LogP contribution in [0.15, 0.2) is 67.1 Å². The first-order valence-electron chi connectivity index (χ1n) is 10.2. The Kier molecular flexibility index (Phi) is 4.32. The lowest BCUT2D eigenvalue weighted by molar-refractivity contribution is 0.413. The van der Waals surface area contributed by atoms with Crippen molar-refractivity contribution in [1.82, 2.24) is 35.1 Å². The number of methoxy groups -OCH3 is 1. The van der Waals surface area contributed by atoms with E-state index < -0.39 is 0 Å². The summed E-state index contributed by atoms with van der Waals surface area (Å²) < 4.78 is 19.7. The summed E-state index contributed by atoms with van der Waals surface area (Å²) in [7, 11) is 1.59. The number of nitrogens with zero attached hydrogens (tertiary/aromatic N) is 5. The number of nitrogens with one attached hydrogen (secondary N) is 2. The Labute approximate surface area is 186 Å². The molecule has 5 aromatic heterocycles. The maximum Gasteiger partial charge on any atom is 0.161 e. The molecule has 0 aliphatic carbocycles. The van der Waals surface area contributed by atoms with Crippen molar-refractivity contribution in [2.24, 2.45) is 0 Å². The second kappa shape index (κ2) is 7.49. The van der Waals surface area contributed by atoms with Crippen molar-refractivity contribution in [3.63, 3.8) is 0 Å². The van der Waals surface area contributed by atoms with Gasteiger partial charge in [0.1, 0.15) is 28.3 Å². The highest BCUT2D eigenvalue weighted by Gasteiger charge is 2.18. The summed E-state index contributed by atoms with van der Waals surface area (Å²) in [5.74, 6) is 0.799. The van der Waals surface area contributed by atoms with E-state index in [0.29, 0.717) is 39.6 Å². The highest BCUT2D eigenvalue weighted by Crippen LogP contribution is 2.31. The summed E-state index contributed by atoms with van der Waals surface area (Å²) in [4.78, 5) is 21.4. The fourth-order valence-corrected chi connectivity index (χ4v) is 3.79. The first kappa shape index (κ1) is 19.1. The number of hydrogen-bond acceptors (Lipinski definition) is 6. The number of ether oxygens (including phenoxy) is 1. The Bertz CT molecular complexity index is 1640. The molecule has 0 bridgehead atoms. The molecule has 33 heavy (non-hydrogen) atoms. The molecule has 8 nitrogen and oxygen atoms in total. The molecule has 0 fully saturated rings. The molecular formula is C24H16FN7O. The van der Waals surface area contributed by atoms with Gasteiger partial charge >= 0.3 is 0 Å². The molecule has 0 radical (unpaired) electrons. The molecule has 6 rings (SSSR count). The van der Waals surface area contributed by atoms with Crippen LogP contribution in [0, 0.1) is 5.82 Å². The molecule has 0 saturated carbocycles. The van der Waals surface area contributed by atoms with Crippen molar-refractivity contribution in [2.45, 2.75) is 0 Å². The Morgan fingerprint density at radius 1 is 0.909 bits per heavy atom. The first-order valence-corrected chi connectivity index (χ1v) is 10.2. The maximum absolute atomic E-state index is 14.4. The SMILES string of the molecule is COc1cncc(-c2ccc3[nH]nc(-c4nc5c(-c6ccccc6F)nccc5[nH]4)c3n2)c1. The molecule has 6 aromatic rings. The van der Waals surface area contributed by atoms with Crippen LogP contribution >= 0.6 is 0 Å². The Morgan fingerprint density at radius 3 is 2.67 bits per heavy atom. The number of pyridine rings is 3. The van der Waals surface area contributed by atoms with E-state index in [2.05, 4.69) is 25.1 Å². The third-order valence-corrected chi connectivity index (χ3v) is 5.41. The van der Waals surface area contributed by atoms with Crippen molar-refractivity contribution < 1.29 is 9.13 Å². The molecule has 0 aliphatic rings. The van der Waals surface area contributed by atoms with Gasteiger partial charge in [0.05, 0.1) is 30.0 Å². The number of hydrogen-bond donors (Lipinski definition) is 2.